The highest BCUT2D eigenvalue weighted by molar-refractivity contribution is 6.14. The van der Waals surface area contributed by atoms with Crippen LogP contribution in [0.1, 0.15) is 20.8 Å². The topological polar surface area (TPSA) is 84.6 Å². The van der Waals surface area contributed by atoms with Crippen LogP contribution < -0.4 is 5.43 Å². The Balaban J connectivity index is 3.25. The Morgan fingerprint density at radius 2 is 2.15 bits per heavy atom. The molecule has 1 unspecified atom stereocenters. The molecule has 1 aliphatic heterocycles. The summed E-state index contributed by atoms with van der Waals surface area (Å²) in [7, 11) is 0. The lowest BCUT2D eigenvalue weighted by molar-refractivity contribution is -0.538. The number of carbonyl (C=O) groups excluding carboxylic acids is 1. The van der Waals surface area contributed by atoms with Crippen LogP contribution in [0.3, 0.4) is 0 Å². The number of nitro groups is 1. The fourth-order valence-corrected chi connectivity index (χ4v) is 1.58. The molecule has 6 nitrogen and oxygen atoms in total. The molecule has 1 amide bonds. The molecule has 0 aromatic rings. The minimum absolute atomic E-state index is 0.220. The molecule has 0 aromatic heterocycles. The number of amides is 1. The Kier molecular flexibility index (Phi) is 2.07. The molecule has 0 aromatic carbocycles. The smallest absolute Gasteiger partial charge is 0.264 e. The number of carbonyl (C=O) groups is 1. The standard InChI is InChI=1S/C7H11N3O3/c1-4(2)7(10(12)13)5(3)8-9-6(7)11/h4H,1-3H3,(H,9,11). The number of hydrazone groups is 1. The van der Waals surface area contributed by atoms with E-state index in [9.17, 15) is 14.9 Å². The normalized spacial score (nSPS) is 27.4. The van der Waals surface area contributed by atoms with Crippen molar-refractivity contribution >= 4 is 11.6 Å². The van der Waals surface area contributed by atoms with Gasteiger partial charge in [0, 0.05) is 10.8 Å². The first-order valence-electron chi connectivity index (χ1n) is 3.93. The summed E-state index contributed by atoms with van der Waals surface area (Å²) < 4.78 is 0. The van der Waals surface area contributed by atoms with Crippen LogP contribution in [0.25, 0.3) is 0 Å². The molecule has 1 rings (SSSR count). The van der Waals surface area contributed by atoms with Crippen LogP contribution in [0.4, 0.5) is 0 Å². The molecule has 1 heterocycles. The van der Waals surface area contributed by atoms with Crippen molar-refractivity contribution in [2.24, 2.45) is 11.0 Å². The highest BCUT2D eigenvalue weighted by atomic mass is 16.6. The van der Waals surface area contributed by atoms with E-state index in [1.165, 1.54) is 6.92 Å². The van der Waals surface area contributed by atoms with Crippen molar-refractivity contribution in [3.63, 3.8) is 0 Å². The van der Waals surface area contributed by atoms with E-state index in [-0.39, 0.29) is 5.71 Å². The van der Waals surface area contributed by atoms with E-state index in [0.717, 1.165) is 0 Å². The molecule has 0 fully saturated rings. The first-order chi connectivity index (χ1) is 5.94. The lowest BCUT2D eigenvalue weighted by atomic mass is 9.83. The monoisotopic (exact) mass is 185 g/mol. The van der Waals surface area contributed by atoms with E-state index >= 15 is 0 Å². The van der Waals surface area contributed by atoms with E-state index in [1.807, 2.05) is 0 Å². The predicted octanol–water partition coefficient (Wildman–Crippen LogP) is 0.164. The van der Waals surface area contributed by atoms with Crippen LogP contribution in [0.2, 0.25) is 0 Å². The van der Waals surface area contributed by atoms with Gasteiger partial charge >= 0.3 is 11.4 Å². The zero-order chi connectivity index (χ0) is 10.2. The van der Waals surface area contributed by atoms with Gasteiger partial charge in [0.05, 0.1) is 0 Å². The predicted molar refractivity (Wildman–Crippen MR) is 45.8 cm³/mol. The minimum atomic E-state index is -1.67. The van der Waals surface area contributed by atoms with Gasteiger partial charge in [0.1, 0.15) is 5.71 Å². The van der Waals surface area contributed by atoms with Crippen molar-refractivity contribution in [1.82, 2.24) is 5.43 Å². The fourth-order valence-electron chi connectivity index (χ4n) is 1.58. The summed E-state index contributed by atoms with van der Waals surface area (Å²) in [4.78, 5) is 21.6. The Morgan fingerprint density at radius 1 is 1.62 bits per heavy atom. The first kappa shape index (κ1) is 9.63. The molecule has 0 spiro atoms. The quantitative estimate of drug-likeness (QED) is 0.491. The SMILES string of the molecule is CC1=NNC(=O)C1(C(C)C)[N+](=O)[O-]. The van der Waals surface area contributed by atoms with Gasteiger partial charge in [-0.2, -0.15) is 5.10 Å². The third kappa shape index (κ3) is 1.01. The molecule has 13 heavy (non-hydrogen) atoms. The largest absolute Gasteiger partial charge is 0.341 e. The van der Waals surface area contributed by atoms with Crippen LogP contribution >= 0.6 is 0 Å². The maximum Gasteiger partial charge on any atom is 0.341 e. The average molecular weight is 185 g/mol. The molecule has 72 valence electrons. The number of rotatable bonds is 2. The molecule has 0 radical (unpaired) electrons. The van der Waals surface area contributed by atoms with Gasteiger partial charge in [-0.1, -0.05) is 13.8 Å². The van der Waals surface area contributed by atoms with E-state index in [1.54, 1.807) is 13.8 Å². The summed E-state index contributed by atoms with van der Waals surface area (Å²) in [5.41, 5.74) is 0.683. The van der Waals surface area contributed by atoms with Gasteiger partial charge in [0.2, 0.25) is 0 Å². The zero-order valence-electron chi connectivity index (χ0n) is 7.70. The maximum atomic E-state index is 11.3. The molecule has 0 aliphatic carbocycles. The van der Waals surface area contributed by atoms with Crippen LogP contribution in [-0.4, -0.2) is 22.1 Å². The van der Waals surface area contributed by atoms with Crippen molar-refractivity contribution in [2.75, 3.05) is 0 Å². The van der Waals surface area contributed by atoms with E-state index in [0.29, 0.717) is 0 Å². The molecular weight excluding hydrogens is 174 g/mol. The molecule has 1 aliphatic rings. The first-order valence-corrected chi connectivity index (χ1v) is 3.93. The van der Waals surface area contributed by atoms with E-state index in [2.05, 4.69) is 10.5 Å². The second kappa shape index (κ2) is 2.79. The molecule has 1 atom stereocenters. The van der Waals surface area contributed by atoms with Crippen molar-refractivity contribution in [3.8, 4) is 0 Å². The lowest BCUT2D eigenvalue weighted by Crippen LogP contribution is -2.55. The number of hydrogen-bond acceptors (Lipinski definition) is 4. The van der Waals surface area contributed by atoms with Crippen LogP contribution in [-0.2, 0) is 4.79 Å². The zero-order valence-corrected chi connectivity index (χ0v) is 7.70. The average Bonchev–Trinajstić information content (AvgIpc) is 2.27. The van der Waals surface area contributed by atoms with Crippen LogP contribution in [0.15, 0.2) is 5.10 Å². The molecule has 0 saturated carbocycles. The second-order valence-electron chi connectivity index (χ2n) is 3.32. The van der Waals surface area contributed by atoms with Gasteiger partial charge in [-0.15, -0.1) is 0 Å². The Labute approximate surface area is 75.2 Å². The molecular formula is C7H11N3O3. The second-order valence-corrected chi connectivity index (χ2v) is 3.32. The van der Waals surface area contributed by atoms with Gasteiger partial charge in [-0.25, -0.2) is 5.43 Å². The van der Waals surface area contributed by atoms with E-state index in [4.69, 9.17) is 0 Å². The van der Waals surface area contributed by atoms with Crippen LogP contribution in [0, 0.1) is 16.0 Å². The molecule has 6 heteroatoms. The summed E-state index contributed by atoms with van der Waals surface area (Å²) in [6.45, 7) is 4.75. The molecule has 0 bridgehead atoms. The van der Waals surface area contributed by atoms with Crippen molar-refractivity contribution < 1.29 is 9.72 Å². The molecule has 1 N–H and O–H groups in total. The number of nitrogens with one attached hydrogen (secondary N) is 1. The van der Waals surface area contributed by atoms with Gasteiger partial charge in [0.25, 0.3) is 0 Å². The highest BCUT2D eigenvalue weighted by Gasteiger charge is 2.60. The third-order valence-corrected chi connectivity index (χ3v) is 2.35. The maximum absolute atomic E-state index is 11.3. The summed E-state index contributed by atoms with van der Waals surface area (Å²) in [5.74, 6) is -1.06. The summed E-state index contributed by atoms with van der Waals surface area (Å²) in [5, 5.41) is 14.4. The Hall–Kier alpha value is -1.46. The van der Waals surface area contributed by atoms with Gasteiger partial charge < -0.3 is 0 Å². The van der Waals surface area contributed by atoms with Crippen molar-refractivity contribution in [2.45, 2.75) is 26.3 Å². The van der Waals surface area contributed by atoms with Crippen molar-refractivity contribution in [3.05, 3.63) is 10.1 Å². The lowest BCUT2D eigenvalue weighted by Gasteiger charge is -2.20. The Bertz CT molecular complexity index is 297. The van der Waals surface area contributed by atoms with Crippen molar-refractivity contribution in [1.29, 1.82) is 0 Å². The summed E-state index contributed by atoms with van der Waals surface area (Å²) >= 11 is 0. The summed E-state index contributed by atoms with van der Waals surface area (Å²) in [6.07, 6.45) is 0. The number of nitrogens with zero attached hydrogens (tertiary/aromatic N) is 2. The Morgan fingerprint density at radius 3 is 2.31 bits per heavy atom. The highest BCUT2D eigenvalue weighted by Crippen LogP contribution is 2.26. The van der Waals surface area contributed by atoms with Crippen LogP contribution in [0.5, 0.6) is 0 Å². The minimum Gasteiger partial charge on any atom is -0.264 e. The number of hydrogen-bond donors (Lipinski definition) is 1. The van der Waals surface area contributed by atoms with Gasteiger partial charge in [0.15, 0.2) is 0 Å². The third-order valence-electron chi connectivity index (χ3n) is 2.35. The summed E-state index contributed by atoms with van der Waals surface area (Å²) in [6, 6.07) is 0. The van der Waals surface area contributed by atoms with E-state index < -0.39 is 22.3 Å². The fraction of sp³-hybridized carbons (Fsp3) is 0.714. The van der Waals surface area contributed by atoms with Gasteiger partial charge in [-0.3, -0.25) is 14.9 Å². The molecule has 0 saturated heterocycles. The van der Waals surface area contributed by atoms with Gasteiger partial charge in [-0.05, 0) is 6.92 Å².